The monoisotopic (exact) mass is 386 g/mol. The smallest absolute Gasteiger partial charge is 0.306 e. The van der Waals surface area contributed by atoms with Crippen LogP contribution in [0.4, 0.5) is 5.69 Å². The minimum Gasteiger partial charge on any atom is -0.481 e. The van der Waals surface area contributed by atoms with Crippen molar-refractivity contribution in [1.82, 2.24) is 4.90 Å². The predicted molar refractivity (Wildman–Crippen MR) is 102 cm³/mol. The molecule has 0 atom stereocenters. The summed E-state index contributed by atoms with van der Waals surface area (Å²) >= 11 is 5.89. The fourth-order valence-electron chi connectivity index (χ4n) is 3.04. The molecule has 0 spiro atoms. The Balaban J connectivity index is 1.61. The van der Waals surface area contributed by atoms with Crippen molar-refractivity contribution in [2.45, 2.75) is 12.8 Å². The number of carbonyl (C=O) groups excluding carboxylic acids is 2. The number of piperidine rings is 1. The van der Waals surface area contributed by atoms with Gasteiger partial charge in [-0.15, -0.1) is 0 Å². The van der Waals surface area contributed by atoms with Gasteiger partial charge in [0, 0.05) is 34.9 Å². The molecule has 0 unspecified atom stereocenters. The Hall–Kier alpha value is -2.86. The Labute approximate surface area is 161 Å². The van der Waals surface area contributed by atoms with Crippen LogP contribution in [0.15, 0.2) is 48.5 Å². The maximum Gasteiger partial charge on any atom is 0.306 e. The van der Waals surface area contributed by atoms with Crippen molar-refractivity contribution in [3.63, 3.8) is 0 Å². The highest BCUT2D eigenvalue weighted by atomic mass is 35.5. The number of carboxylic acids is 1. The van der Waals surface area contributed by atoms with E-state index in [-0.39, 0.29) is 17.7 Å². The number of rotatable bonds is 4. The molecule has 1 heterocycles. The molecule has 1 aliphatic heterocycles. The number of carbonyl (C=O) groups is 3. The zero-order valence-corrected chi connectivity index (χ0v) is 15.3. The van der Waals surface area contributed by atoms with Crippen molar-refractivity contribution in [3.8, 4) is 0 Å². The summed E-state index contributed by atoms with van der Waals surface area (Å²) in [4.78, 5) is 37.4. The van der Waals surface area contributed by atoms with Gasteiger partial charge in [0.15, 0.2) is 0 Å². The lowest BCUT2D eigenvalue weighted by Gasteiger charge is -2.30. The van der Waals surface area contributed by atoms with Gasteiger partial charge in [0.2, 0.25) is 0 Å². The second-order valence-corrected chi connectivity index (χ2v) is 6.88. The first kappa shape index (κ1) is 18.9. The second kappa shape index (κ2) is 8.22. The molecular formula is C20H19ClN2O4. The van der Waals surface area contributed by atoms with Gasteiger partial charge in [-0.1, -0.05) is 17.7 Å². The normalized spacial score (nSPS) is 14.6. The SMILES string of the molecule is O=C(Nc1ccc(C(=O)N2CCC(C(=O)O)CC2)cc1)c1cccc(Cl)c1. The molecule has 1 fully saturated rings. The van der Waals surface area contributed by atoms with Gasteiger partial charge >= 0.3 is 5.97 Å². The predicted octanol–water partition coefficient (Wildman–Crippen LogP) is 3.53. The average Bonchev–Trinajstić information content (AvgIpc) is 2.68. The topological polar surface area (TPSA) is 86.7 Å². The Bertz CT molecular complexity index is 859. The molecule has 27 heavy (non-hydrogen) atoms. The molecule has 2 amide bonds. The van der Waals surface area contributed by atoms with Gasteiger partial charge < -0.3 is 15.3 Å². The molecule has 0 aromatic heterocycles. The molecular weight excluding hydrogens is 368 g/mol. The van der Waals surface area contributed by atoms with E-state index in [1.165, 1.54) is 0 Å². The highest BCUT2D eigenvalue weighted by molar-refractivity contribution is 6.31. The second-order valence-electron chi connectivity index (χ2n) is 6.45. The van der Waals surface area contributed by atoms with E-state index in [0.717, 1.165) is 0 Å². The number of halogens is 1. The first-order valence-electron chi connectivity index (χ1n) is 8.63. The molecule has 2 aromatic carbocycles. The van der Waals surface area contributed by atoms with Gasteiger partial charge in [0.25, 0.3) is 11.8 Å². The van der Waals surface area contributed by atoms with Crippen LogP contribution in [-0.4, -0.2) is 40.9 Å². The third-order valence-electron chi connectivity index (χ3n) is 4.61. The third-order valence-corrected chi connectivity index (χ3v) is 4.84. The van der Waals surface area contributed by atoms with Crippen LogP contribution >= 0.6 is 11.6 Å². The molecule has 0 aliphatic carbocycles. The lowest BCUT2D eigenvalue weighted by molar-refractivity contribution is -0.143. The summed E-state index contributed by atoms with van der Waals surface area (Å²) in [5, 5.41) is 12.3. The minimum absolute atomic E-state index is 0.133. The number of likely N-dealkylation sites (tertiary alicyclic amines) is 1. The molecule has 3 rings (SSSR count). The third kappa shape index (κ3) is 4.65. The number of carboxylic acid groups (broad SMARTS) is 1. The Morgan fingerprint density at radius 2 is 1.67 bits per heavy atom. The Morgan fingerprint density at radius 3 is 2.26 bits per heavy atom. The number of amides is 2. The molecule has 0 saturated carbocycles. The number of benzene rings is 2. The van der Waals surface area contributed by atoms with Crippen molar-refractivity contribution in [2.24, 2.45) is 5.92 Å². The number of nitrogens with zero attached hydrogens (tertiary/aromatic N) is 1. The standard InChI is InChI=1S/C20H19ClN2O4/c21-16-3-1-2-15(12-16)18(24)22-17-6-4-13(5-7-17)19(25)23-10-8-14(9-11-23)20(26)27/h1-7,12,14H,8-11H2,(H,22,24)(H,26,27). The van der Waals surface area contributed by atoms with Crippen LogP contribution in [0.3, 0.4) is 0 Å². The fraction of sp³-hybridized carbons (Fsp3) is 0.250. The van der Waals surface area contributed by atoms with Crippen LogP contribution in [0.25, 0.3) is 0 Å². The summed E-state index contributed by atoms with van der Waals surface area (Å²) in [5.74, 6) is -1.60. The molecule has 0 radical (unpaired) electrons. The minimum atomic E-state index is -0.804. The fourth-order valence-corrected chi connectivity index (χ4v) is 3.23. The number of anilines is 1. The lowest BCUT2D eigenvalue weighted by Crippen LogP contribution is -2.40. The van der Waals surface area contributed by atoms with Crippen molar-refractivity contribution < 1.29 is 19.5 Å². The summed E-state index contributed by atoms with van der Waals surface area (Å²) in [7, 11) is 0. The summed E-state index contributed by atoms with van der Waals surface area (Å²) in [6, 6.07) is 13.3. The first-order chi connectivity index (χ1) is 12.9. The van der Waals surface area contributed by atoms with Crippen LogP contribution in [0.5, 0.6) is 0 Å². The van der Waals surface area contributed by atoms with Crippen molar-refractivity contribution in [3.05, 3.63) is 64.7 Å². The van der Waals surface area contributed by atoms with E-state index in [1.54, 1.807) is 53.4 Å². The number of hydrogen-bond donors (Lipinski definition) is 2. The molecule has 0 bridgehead atoms. The van der Waals surface area contributed by atoms with E-state index in [1.807, 2.05) is 0 Å². The zero-order chi connectivity index (χ0) is 19.4. The molecule has 6 nitrogen and oxygen atoms in total. The van der Waals surface area contributed by atoms with Gasteiger partial charge in [-0.25, -0.2) is 0 Å². The summed E-state index contributed by atoms with van der Waals surface area (Å²) in [5.41, 5.74) is 1.52. The molecule has 2 N–H and O–H groups in total. The molecule has 2 aromatic rings. The maximum absolute atomic E-state index is 12.5. The molecule has 1 aliphatic rings. The molecule has 1 saturated heterocycles. The zero-order valence-electron chi connectivity index (χ0n) is 14.5. The van der Waals surface area contributed by atoms with E-state index in [2.05, 4.69) is 5.32 Å². The number of hydrogen-bond acceptors (Lipinski definition) is 3. The average molecular weight is 387 g/mol. The molecule has 140 valence electrons. The van der Waals surface area contributed by atoms with Gasteiger partial charge in [0.05, 0.1) is 5.92 Å². The number of nitrogens with one attached hydrogen (secondary N) is 1. The van der Waals surface area contributed by atoms with Gasteiger partial charge in [-0.2, -0.15) is 0 Å². The van der Waals surface area contributed by atoms with E-state index >= 15 is 0 Å². The van der Waals surface area contributed by atoms with E-state index in [4.69, 9.17) is 16.7 Å². The van der Waals surface area contributed by atoms with E-state index < -0.39 is 5.97 Å². The van der Waals surface area contributed by atoms with Crippen LogP contribution in [0.1, 0.15) is 33.6 Å². The summed E-state index contributed by atoms with van der Waals surface area (Å²) in [6.45, 7) is 0.867. The highest BCUT2D eigenvalue weighted by Gasteiger charge is 2.27. The van der Waals surface area contributed by atoms with E-state index in [0.29, 0.717) is 47.8 Å². The van der Waals surface area contributed by atoms with Crippen LogP contribution in [0.2, 0.25) is 5.02 Å². The van der Waals surface area contributed by atoms with Crippen LogP contribution < -0.4 is 5.32 Å². The summed E-state index contributed by atoms with van der Waals surface area (Å²) < 4.78 is 0. The highest BCUT2D eigenvalue weighted by Crippen LogP contribution is 2.20. The maximum atomic E-state index is 12.5. The Morgan fingerprint density at radius 1 is 1.00 bits per heavy atom. The van der Waals surface area contributed by atoms with Crippen LogP contribution in [-0.2, 0) is 4.79 Å². The quantitative estimate of drug-likeness (QED) is 0.841. The van der Waals surface area contributed by atoms with Gasteiger partial charge in [0.1, 0.15) is 0 Å². The number of aliphatic carboxylic acids is 1. The van der Waals surface area contributed by atoms with Crippen molar-refractivity contribution >= 4 is 35.1 Å². The first-order valence-corrected chi connectivity index (χ1v) is 9.01. The summed E-state index contributed by atoms with van der Waals surface area (Å²) in [6.07, 6.45) is 0.934. The largest absolute Gasteiger partial charge is 0.481 e. The van der Waals surface area contributed by atoms with E-state index in [9.17, 15) is 14.4 Å². The lowest BCUT2D eigenvalue weighted by atomic mass is 9.96. The Kier molecular flexibility index (Phi) is 5.76. The van der Waals surface area contributed by atoms with Crippen molar-refractivity contribution in [2.75, 3.05) is 18.4 Å². The van der Waals surface area contributed by atoms with Crippen molar-refractivity contribution in [1.29, 1.82) is 0 Å². The van der Waals surface area contributed by atoms with Gasteiger partial charge in [-0.3, -0.25) is 14.4 Å². The van der Waals surface area contributed by atoms with Crippen LogP contribution in [0, 0.1) is 5.92 Å². The van der Waals surface area contributed by atoms with Gasteiger partial charge in [-0.05, 0) is 55.3 Å². The molecule has 7 heteroatoms.